The predicted octanol–water partition coefficient (Wildman–Crippen LogP) is 3.43. The van der Waals surface area contributed by atoms with Gasteiger partial charge in [0.15, 0.2) is 5.82 Å². The summed E-state index contributed by atoms with van der Waals surface area (Å²) in [4.78, 5) is 12.2. The second kappa shape index (κ2) is 6.37. The molecule has 26 heavy (non-hydrogen) atoms. The fourth-order valence-corrected chi connectivity index (χ4v) is 3.40. The molecule has 1 aliphatic heterocycles. The van der Waals surface area contributed by atoms with Gasteiger partial charge in [-0.1, -0.05) is 18.2 Å². The van der Waals surface area contributed by atoms with Crippen molar-refractivity contribution in [1.29, 1.82) is 5.26 Å². The van der Waals surface area contributed by atoms with Crippen molar-refractivity contribution in [3.8, 4) is 23.1 Å². The summed E-state index contributed by atoms with van der Waals surface area (Å²) >= 11 is 0. The zero-order chi connectivity index (χ0) is 18.1. The molecule has 1 aromatic heterocycles. The summed E-state index contributed by atoms with van der Waals surface area (Å²) in [7, 11) is 1.62. The first kappa shape index (κ1) is 15.9. The second-order valence-corrected chi connectivity index (χ2v) is 6.09. The van der Waals surface area contributed by atoms with Crippen LogP contribution in [-0.2, 0) is 4.79 Å². The van der Waals surface area contributed by atoms with Gasteiger partial charge in [0, 0.05) is 23.5 Å². The van der Waals surface area contributed by atoms with Crippen molar-refractivity contribution in [1.82, 2.24) is 10.2 Å². The molecule has 6 heteroatoms. The summed E-state index contributed by atoms with van der Waals surface area (Å²) in [5.41, 5.74) is 4.08. The van der Waals surface area contributed by atoms with Crippen LogP contribution in [0.1, 0.15) is 29.0 Å². The summed E-state index contributed by atoms with van der Waals surface area (Å²) < 4.78 is 5.22. The normalized spacial score (nSPS) is 15.7. The fraction of sp³-hybridized carbons (Fsp3) is 0.150. The van der Waals surface area contributed by atoms with E-state index in [1.807, 2.05) is 42.5 Å². The van der Waals surface area contributed by atoms with Crippen LogP contribution in [0.3, 0.4) is 0 Å². The van der Waals surface area contributed by atoms with Gasteiger partial charge in [0.05, 0.1) is 24.4 Å². The number of carbonyl (C=O) groups excluding carboxylic acids is 1. The van der Waals surface area contributed by atoms with Crippen molar-refractivity contribution < 1.29 is 9.53 Å². The number of methoxy groups -OCH3 is 1. The molecule has 0 saturated heterocycles. The van der Waals surface area contributed by atoms with Crippen LogP contribution in [0.15, 0.2) is 48.5 Å². The van der Waals surface area contributed by atoms with E-state index in [0.29, 0.717) is 11.4 Å². The van der Waals surface area contributed by atoms with Gasteiger partial charge in [-0.2, -0.15) is 10.4 Å². The van der Waals surface area contributed by atoms with E-state index in [1.165, 1.54) is 0 Å². The number of amides is 1. The Hall–Kier alpha value is -3.59. The first-order valence-electron chi connectivity index (χ1n) is 8.23. The molecule has 0 fully saturated rings. The van der Waals surface area contributed by atoms with E-state index in [4.69, 9.17) is 4.74 Å². The number of anilines is 1. The van der Waals surface area contributed by atoms with Crippen LogP contribution in [-0.4, -0.2) is 23.2 Å². The van der Waals surface area contributed by atoms with E-state index in [0.717, 1.165) is 28.1 Å². The summed E-state index contributed by atoms with van der Waals surface area (Å²) in [6.07, 6.45) is 0.272. The summed E-state index contributed by atoms with van der Waals surface area (Å²) in [6, 6.07) is 17.2. The summed E-state index contributed by atoms with van der Waals surface area (Å²) in [6.45, 7) is 0. The highest BCUT2D eigenvalue weighted by Crippen LogP contribution is 2.42. The van der Waals surface area contributed by atoms with Gasteiger partial charge in [-0.05, 0) is 35.9 Å². The molecule has 1 unspecified atom stereocenters. The molecule has 2 heterocycles. The molecule has 4 rings (SSSR count). The van der Waals surface area contributed by atoms with Crippen molar-refractivity contribution in [3.05, 3.63) is 65.2 Å². The number of nitrogens with zero attached hydrogens (tertiary/aromatic N) is 2. The van der Waals surface area contributed by atoms with E-state index in [9.17, 15) is 10.1 Å². The van der Waals surface area contributed by atoms with Crippen LogP contribution >= 0.6 is 0 Å². The van der Waals surface area contributed by atoms with Crippen LogP contribution in [0.5, 0.6) is 5.75 Å². The maximum Gasteiger partial charge on any atom is 0.226 e. The van der Waals surface area contributed by atoms with Crippen molar-refractivity contribution in [2.45, 2.75) is 12.3 Å². The van der Waals surface area contributed by atoms with Gasteiger partial charge in [0.1, 0.15) is 5.75 Å². The Kier molecular flexibility index (Phi) is 3.90. The zero-order valence-corrected chi connectivity index (χ0v) is 14.1. The topological polar surface area (TPSA) is 90.8 Å². The minimum Gasteiger partial charge on any atom is -0.497 e. The number of ether oxygens (including phenoxy) is 1. The number of hydrogen-bond acceptors (Lipinski definition) is 4. The average molecular weight is 344 g/mol. The first-order chi connectivity index (χ1) is 12.7. The summed E-state index contributed by atoms with van der Waals surface area (Å²) in [5, 5.41) is 19.6. The fourth-order valence-electron chi connectivity index (χ4n) is 3.40. The van der Waals surface area contributed by atoms with Gasteiger partial charge in [-0.15, -0.1) is 0 Å². The molecule has 1 aliphatic rings. The van der Waals surface area contributed by atoms with Gasteiger partial charge in [0.25, 0.3) is 0 Å². The highest BCUT2D eigenvalue weighted by molar-refractivity contribution is 5.96. The Balaban J connectivity index is 1.87. The Morgan fingerprint density at radius 2 is 1.96 bits per heavy atom. The number of nitrogens with one attached hydrogen (secondary N) is 2. The molecule has 3 aromatic rings. The van der Waals surface area contributed by atoms with Crippen LogP contribution in [0.25, 0.3) is 11.3 Å². The van der Waals surface area contributed by atoms with Crippen molar-refractivity contribution >= 4 is 11.7 Å². The Labute approximate surface area is 150 Å². The number of rotatable bonds is 3. The molecule has 128 valence electrons. The number of benzene rings is 2. The van der Waals surface area contributed by atoms with E-state index in [2.05, 4.69) is 21.6 Å². The third kappa shape index (κ3) is 2.60. The lowest BCUT2D eigenvalue weighted by atomic mass is 9.82. The van der Waals surface area contributed by atoms with Crippen molar-refractivity contribution in [3.63, 3.8) is 0 Å². The monoisotopic (exact) mass is 344 g/mol. The lowest BCUT2D eigenvalue weighted by molar-refractivity contribution is -0.116. The molecule has 0 bridgehead atoms. The molecule has 2 aromatic carbocycles. The van der Waals surface area contributed by atoms with Crippen molar-refractivity contribution in [2.75, 3.05) is 12.4 Å². The van der Waals surface area contributed by atoms with E-state index in [-0.39, 0.29) is 18.2 Å². The highest BCUT2D eigenvalue weighted by atomic mass is 16.5. The van der Waals surface area contributed by atoms with E-state index in [1.54, 1.807) is 13.2 Å². The van der Waals surface area contributed by atoms with Crippen LogP contribution in [0.2, 0.25) is 0 Å². The third-order valence-electron chi connectivity index (χ3n) is 4.64. The lowest BCUT2D eigenvalue weighted by Crippen LogP contribution is -2.23. The number of fused-ring (bicyclic) bond motifs is 1. The molecular weight excluding hydrogens is 328 g/mol. The molecule has 2 N–H and O–H groups in total. The Bertz CT molecular complexity index is 1020. The largest absolute Gasteiger partial charge is 0.497 e. The van der Waals surface area contributed by atoms with Crippen LogP contribution in [0.4, 0.5) is 5.82 Å². The second-order valence-electron chi connectivity index (χ2n) is 6.09. The van der Waals surface area contributed by atoms with Gasteiger partial charge < -0.3 is 10.1 Å². The quantitative estimate of drug-likeness (QED) is 0.761. The van der Waals surface area contributed by atoms with Crippen LogP contribution < -0.4 is 10.1 Å². The minimum atomic E-state index is -0.231. The first-order valence-corrected chi connectivity index (χ1v) is 8.23. The maximum absolute atomic E-state index is 12.2. The molecule has 1 atom stereocenters. The number of carbonyl (C=O) groups is 1. The standard InChI is InChI=1S/C20H16N4O2/c1-26-14-8-6-12(7-9-14)19-18-16(10-17(25)22-20(18)24-23-19)15-5-3-2-4-13(15)11-21/h2-9,16H,10H2,1H3,(H2,22,23,24,25). The molecular formula is C20H16N4O2. The SMILES string of the molecule is COc1ccc(-c2[nH]nc3c2C(c2ccccc2C#N)CC(=O)N3)cc1. The smallest absolute Gasteiger partial charge is 0.226 e. The number of aromatic amines is 1. The molecule has 0 aliphatic carbocycles. The maximum atomic E-state index is 12.2. The number of hydrogen-bond donors (Lipinski definition) is 2. The highest BCUT2D eigenvalue weighted by Gasteiger charge is 2.33. The lowest BCUT2D eigenvalue weighted by Gasteiger charge is -2.24. The van der Waals surface area contributed by atoms with Crippen molar-refractivity contribution in [2.24, 2.45) is 0 Å². The minimum absolute atomic E-state index is 0.108. The van der Waals surface area contributed by atoms with Gasteiger partial charge in [-0.25, -0.2) is 0 Å². The van der Waals surface area contributed by atoms with E-state index < -0.39 is 0 Å². The Morgan fingerprint density at radius 3 is 2.69 bits per heavy atom. The number of aromatic nitrogens is 2. The van der Waals surface area contributed by atoms with E-state index >= 15 is 0 Å². The summed E-state index contributed by atoms with van der Waals surface area (Å²) in [5.74, 6) is 0.945. The molecule has 1 amide bonds. The molecule has 6 nitrogen and oxygen atoms in total. The molecule has 0 spiro atoms. The molecule has 0 saturated carbocycles. The van der Waals surface area contributed by atoms with Gasteiger partial charge in [0.2, 0.25) is 5.91 Å². The van der Waals surface area contributed by atoms with Gasteiger partial charge >= 0.3 is 0 Å². The third-order valence-corrected chi connectivity index (χ3v) is 4.64. The van der Waals surface area contributed by atoms with Crippen LogP contribution in [0, 0.1) is 11.3 Å². The zero-order valence-electron chi connectivity index (χ0n) is 14.1. The van der Waals surface area contributed by atoms with Gasteiger partial charge in [-0.3, -0.25) is 9.89 Å². The average Bonchev–Trinajstić information content (AvgIpc) is 3.11. The number of H-pyrrole nitrogens is 1. The number of nitriles is 1. The Morgan fingerprint density at radius 1 is 1.19 bits per heavy atom. The molecule has 0 radical (unpaired) electrons. The predicted molar refractivity (Wildman–Crippen MR) is 96.8 cm³/mol.